The summed E-state index contributed by atoms with van der Waals surface area (Å²) in [6, 6.07) is 20.4. The predicted molar refractivity (Wildman–Crippen MR) is 254 cm³/mol. The van der Waals surface area contributed by atoms with Crippen LogP contribution in [-0.4, -0.2) is 109 Å². The lowest BCUT2D eigenvalue weighted by Gasteiger charge is -2.28. The lowest BCUT2D eigenvalue weighted by atomic mass is 10.0. The van der Waals surface area contributed by atoms with Gasteiger partial charge in [-0.05, 0) is 59.2 Å². The van der Waals surface area contributed by atoms with Crippen LogP contribution in [0.1, 0.15) is 78.0 Å². The number of aliphatic hydroxyl groups excluding tert-OH is 2. The lowest BCUT2D eigenvalue weighted by Crippen LogP contribution is -2.54. The number of aliphatic hydroxyl groups is 2. The van der Waals surface area contributed by atoms with E-state index in [0.717, 1.165) is 49.0 Å². The maximum atomic E-state index is 13.7. The van der Waals surface area contributed by atoms with E-state index in [0.29, 0.717) is 30.9 Å². The standard InChI is InChI=1S/C48H55N7O7S3/c1-28(2)4-17-42(58)53-39(25-63)48(62)55-24-37(57)20-41(55)46(60)50-22-32-9-13-34(14-10-32)44-38(52-27-65-44)18-30-5-15-35(16-6-30)47(61)54-23-36(56)19-40(54)45(59)49-21-31-7-11-33(12-8-31)43-29(3)51-26-64-43/h5-16,26-28,36-37,39-41,56-57,63H,4,17-25H2,1-3H3,(H,49,59)(H,50,60)(H,53,58)/t36-,37-,39+,40+,41+/m1/s1. The quantitative estimate of drug-likeness (QED) is 0.0684. The van der Waals surface area contributed by atoms with Crippen molar-refractivity contribution in [2.45, 2.75) is 96.3 Å². The molecule has 2 fully saturated rings. The zero-order valence-corrected chi connectivity index (χ0v) is 39.1. The predicted octanol–water partition coefficient (Wildman–Crippen LogP) is 5.15. The van der Waals surface area contributed by atoms with Crippen molar-refractivity contribution in [2.75, 3.05) is 18.8 Å². The topological polar surface area (TPSA) is 194 Å². The van der Waals surface area contributed by atoms with Gasteiger partial charge in [0, 0.05) is 63.2 Å². The van der Waals surface area contributed by atoms with E-state index in [1.807, 2.05) is 86.9 Å². The number of nitrogens with zero attached hydrogens (tertiary/aromatic N) is 4. The van der Waals surface area contributed by atoms with E-state index in [1.165, 1.54) is 21.1 Å². The highest BCUT2D eigenvalue weighted by atomic mass is 32.1. The first-order chi connectivity index (χ1) is 31.3. The second-order valence-corrected chi connectivity index (χ2v) is 19.2. The third-order valence-electron chi connectivity index (χ3n) is 11.8. The molecular formula is C48H55N7O7S3. The molecule has 2 aliphatic heterocycles. The Bertz CT molecular complexity index is 2460. The molecule has 2 saturated heterocycles. The lowest BCUT2D eigenvalue weighted by molar-refractivity contribution is -0.141. The average Bonchev–Trinajstić information content (AvgIpc) is 4.13. The highest BCUT2D eigenvalue weighted by Gasteiger charge is 2.41. The van der Waals surface area contributed by atoms with Gasteiger partial charge in [0.15, 0.2) is 0 Å². The van der Waals surface area contributed by atoms with E-state index in [4.69, 9.17) is 0 Å². The second-order valence-electron chi connectivity index (χ2n) is 17.1. The van der Waals surface area contributed by atoms with Crippen LogP contribution in [0, 0.1) is 12.8 Å². The van der Waals surface area contributed by atoms with Crippen molar-refractivity contribution < 1.29 is 34.2 Å². The molecule has 5 atom stereocenters. The van der Waals surface area contributed by atoms with Crippen molar-refractivity contribution in [3.8, 4) is 20.9 Å². The normalized spacial score (nSPS) is 18.8. The zero-order valence-electron chi connectivity index (χ0n) is 36.6. The molecule has 0 radical (unpaired) electrons. The van der Waals surface area contributed by atoms with Gasteiger partial charge in [0.05, 0.1) is 44.4 Å². The van der Waals surface area contributed by atoms with Gasteiger partial charge < -0.3 is 36.0 Å². The number of nitrogens with one attached hydrogen (secondary N) is 3. The molecule has 0 spiro atoms. The van der Waals surface area contributed by atoms with E-state index >= 15 is 0 Å². The molecule has 65 heavy (non-hydrogen) atoms. The first-order valence-corrected chi connectivity index (χ1v) is 24.2. The Kier molecular flexibility index (Phi) is 15.8. The SMILES string of the molecule is Cc1ncsc1-c1ccc(CNC(=O)[C@@H]2C[C@@H](O)CN2C(=O)c2ccc(Cc3ncsc3-c3ccc(CNC(=O)[C@@H]4C[C@@H](O)CN4C(=O)[C@H](CS)NC(=O)CCC(C)C)cc3)cc2)cc1. The van der Waals surface area contributed by atoms with Crippen molar-refractivity contribution >= 4 is 64.8 Å². The minimum Gasteiger partial charge on any atom is -0.391 e. The highest BCUT2D eigenvalue weighted by molar-refractivity contribution is 7.80. The molecule has 3 aromatic carbocycles. The minimum atomic E-state index is -0.905. The van der Waals surface area contributed by atoms with Gasteiger partial charge in [-0.2, -0.15) is 12.6 Å². The van der Waals surface area contributed by atoms with Crippen molar-refractivity contribution in [3.63, 3.8) is 0 Å². The van der Waals surface area contributed by atoms with Crippen LogP contribution in [-0.2, 0) is 38.7 Å². The van der Waals surface area contributed by atoms with Gasteiger partial charge in [0.2, 0.25) is 23.6 Å². The van der Waals surface area contributed by atoms with Crippen LogP contribution in [0.2, 0.25) is 0 Å². The molecule has 4 heterocycles. The third kappa shape index (κ3) is 11.9. The molecule has 5 amide bonds. The molecule has 0 unspecified atom stereocenters. The summed E-state index contributed by atoms with van der Waals surface area (Å²) < 4.78 is 0. The fraction of sp³-hybridized carbons (Fsp3) is 0.396. The van der Waals surface area contributed by atoms with Gasteiger partial charge in [0.25, 0.3) is 5.91 Å². The number of aryl methyl sites for hydroxylation is 1. The monoisotopic (exact) mass is 937 g/mol. The summed E-state index contributed by atoms with van der Waals surface area (Å²) in [5, 5.41) is 29.6. The summed E-state index contributed by atoms with van der Waals surface area (Å²) in [4.78, 5) is 80.2. The van der Waals surface area contributed by atoms with E-state index in [9.17, 15) is 34.2 Å². The van der Waals surface area contributed by atoms with Gasteiger partial charge >= 0.3 is 0 Å². The number of likely N-dealkylation sites (tertiary alicyclic amines) is 2. The second kappa shape index (κ2) is 21.7. The Morgan fingerprint density at radius 1 is 0.738 bits per heavy atom. The molecule has 7 rings (SSSR count). The summed E-state index contributed by atoms with van der Waals surface area (Å²) in [6.07, 6.45) is 0.0726. The van der Waals surface area contributed by atoms with Crippen LogP contribution >= 0.6 is 35.3 Å². The van der Waals surface area contributed by atoms with Crippen molar-refractivity contribution in [2.24, 2.45) is 5.92 Å². The first-order valence-electron chi connectivity index (χ1n) is 21.8. The molecule has 0 bridgehead atoms. The maximum Gasteiger partial charge on any atom is 0.254 e. The van der Waals surface area contributed by atoms with Crippen LogP contribution in [0.4, 0.5) is 0 Å². The summed E-state index contributed by atoms with van der Waals surface area (Å²) in [5.74, 6) is -1.32. The first kappa shape index (κ1) is 47.5. The van der Waals surface area contributed by atoms with Crippen molar-refractivity contribution in [1.82, 2.24) is 35.7 Å². The number of amides is 5. The Morgan fingerprint density at radius 3 is 1.82 bits per heavy atom. The van der Waals surface area contributed by atoms with Gasteiger partial charge in [-0.25, -0.2) is 9.97 Å². The largest absolute Gasteiger partial charge is 0.391 e. The number of rotatable bonds is 17. The van der Waals surface area contributed by atoms with E-state index in [-0.39, 0.29) is 68.3 Å². The number of aromatic nitrogens is 2. The number of hydrogen-bond donors (Lipinski definition) is 6. The van der Waals surface area contributed by atoms with E-state index < -0.39 is 36.2 Å². The Morgan fingerprint density at radius 2 is 1.26 bits per heavy atom. The minimum absolute atomic E-state index is 0.00587. The van der Waals surface area contributed by atoms with E-state index in [1.54, 1.807) is 29.0 Å². The van der Waals surface area contributed by atoms with Gasteiger partial charge in [-0.3, -0.25) is 24.0 Å². The molecule has 5 N–H and O–H groups in total. The fourth-order valence-electron chi connectivity index (χ4n) is 8.16. The molecule has 14 nitrogen and oxygen atoms in total. The molecule has 2 aliphatic rings. The molecule has 5 aromatic rings. The molecule has 2 aromatic heterocycles. The number of thiazole rings is 2. The summed E-state index contributed by atoms with van der Waals surface area (Å²) in [7, 11) is 0. The highest BCUT2D eigenvalue weighted by Crippen LogP contribution is 2.31. The van der Waals surface area contributed by atoms with E-state index in [2.05, 4.69) is 38.5 Å². The number of carbonyl (C=O) groups is 5. The third-order valence-corrected chi connectivity index (χ3v) is 14.1. The van der Waals surface area contributed by atoms with Gasteiger partial charge in [-0.1, -0.05) is 74.5 Å². The number of β-amino-alcohol motifs (C(OH)–C–C–N with tert-alkyl or cyclic N) is 2. The number of hydrogen-bond acceptors (Lipinski definition) is 12. The molecule has 17 heteroatoms. The van der Waals surface area contributed by atoms with Crippen molar-refractivity contribution in [1.29, 1.82) is 0 Å². The van der Waals surface area contributed by atoms with Crippen LogP contribution in [0.25, 0.3) is 20.9 Å². The Labute approximate surface area is 392 Å². The molecule has 0 saturated carbocycles. The molecule has 342 valence electrons. The number of benzene rings is 3. The van der Waals surface area contributed by atoms with Crippen LogP contribution in [0.3, 0.4) is 0 Å². The zero-order chi connectivity index (χ0) is 46.2. The summed E-state index contributed by atoms with van der Waals surface area (Å²) in [5.41, 5.74) is 10.6. The van der Waals surface area contributed by atoms with Gasteiger partial charge in [0.1, 0.15) is 18.1 Å². The summed E-state index contributed by atoms with van der Waals surface area (Å²) in [6.45, 7) is 6.57. The average molecular weight is 938 g/mol. The fourth-order valence-corrected chi connectivity index (χ4v) is 10.0. The number of thiol groups is 1. The molecular weight excluding hydrogens is 883 g/mol. The Hall–Kier alpha value is -5.46. The summed E-state index contributed by atoms with van der Waals surface area (Å²) >= 11 is 7.37. The van der Waals surface area contributed by atoms with Crippen LogP contribution in [0.5, 0.6) is 0 Å². The van der Waals surface area contributed by atoms with Crippen LogP contribution < -0.4 is 16.0 Å². The smallest absolute Gasteiger partial charge is 0.254 e. The van der Waals surface area contributed by atoms with Crippen LogP contribution in [0.15, 0.2) is 83.8 Å². The van der Waals surface area contributed by atoms with Crippen molar-refractivity contribution in [3.05, 3.63) is 117 Å². The number of carbonyl (C=O) groups excluding carboxylic acids is 5. The van der Waals surface area contributed by atoms with Gasteiger partial charge in [-0.15, -0.1) is 22.7 Å². The maximum absolute atomic E-state index is 13.7. The molecule has 0 aliphatic carbocycles. The Balaban J connectivity index is 0.909.